The van der Waals surface area contributed by atoms with E-state index in [2.05, 4.69) is 15.9 Å². The summed E-state index contributed by atoms with van der Waals surface area (Å²) in [4.78, 5) is 15.9. The van der Waals surface area contributed by atoms with Crippen LogP contribution in [0, 0.1) is 0 Å². The number of rotatable bonds is 6. The number of hydrogen-bond acceptors (Lipinski definition) is 2. The first-order chi connectivity index (χ1) is 15.4. The minimum absolute atomic E-state index is 0.253. The number of benzene rings is 3. The second-order valence-corrected chi connectivity index (χ2v) is 8.88. The molecule has 3 aromatic carbocycles. The minimum Gasteiger partial charge on any atom is -0.478 e. The summed E-state index contributed by atoms with van der Waals surface area (Å²) in [5, 5.41) is 10.2. The average Bonchev–Trinajstić information content (AvgIpc) is 3.16. The molecule has 0 saturated carbocycles. The van der Waals surface area contributed by atoms with Crippen molar-refractivity contribution in [3.05, 3.63) is 110 Å². The first kappa shape index (κ1) is 22.3. The molecule has 0 fully saturated rings. The van der Waals surface area contributed by atoms with Gasteiger partial charge < -0.3 is 9.67 Å². The maximum atomic E-state index is 11.1. The number of aromatic carboxylic acids is 1. The van der Waals surface area contributed by atoms with Crippen molar-refractivity contribution in [1.29, 1.82) is 0 Å². The summed E-state index contributed by atoms with van der Waals surface area (Å²) in [6.07, 6.45) is 5.87. The molecule has 7 heteroatoms. The van der Waals surface area contributed by atoms with E-state index in [-0.39, 0.29) is 5.56 Å². The van der Waals surface area contributed by atoms with Crippen molar-refractivity contribution in [1.82, 2.24) is 9.55 Å². The van der Waals surface area contributed by atoms with Gasteiger partial charge in [-0.2, -0.15) is 0 Å². The van der Waals surface area contributed by atoms with Gasteiger partial charge in [0.2, 0.25) is 0 Å². The third-order valence-electron chi connectivity index (χ3n) is 4.86. The fraction of sp³-hybridized carbons (Fsp3) is 0.0400. The summed E-state index contributed by atoms with van der Waals surface area (Å²) in [6, 6.07) is 20.1. The molecule has 0 bridgehead atoms. The second-order valence-electron chi connectivity index (χ2n) is 7.12. The Morgan fingerprint density at radius 2 is 1.72 bits per heavy atom. The van der Waals surface area contributed by atoms with E-state index in [0.29, 0.717) is 16.6 Å². The van der Waals surface area contributed by atoms with E-state index in [1.807, 2.05) is 53.2 Å². The highest BCUT2D eigenvalue weighted by atomic mass is 79.9. The monoisotopic (exact) mass is 526 g/mol. The Bertz CT molecular complexity index is 1300. The van der Waals surface area contributed by atoms with E-state index in [4.69, 9.17) is 33.3 Å². The summed E-state index contributed by atoms with van der Waals surface area (Å²) >= 11 is 15.9. The zero-order valence-corrected chi connectivity index (χ0v) is 19.8. The van der Waals surface area contributed by atoms with Gasteiger partial charge in [0.15, 0.2) is 0 Å². The number of hydrogen-bond donors (Lipinski definition) is 1. The molecule has 0 saturated heterocycles. The highest BCUT2D eigenvalue weighted by molar-refractivity contribution is 9.10. The van der Waals surface area contributed by atoms with Crippen molar-refractivity contribution in [2.45, 2.75) is 6.54 Å². The topological polar surface area (TPSA) is 55.1 Å². The molecule has 0 unspecified atom stereocenters. The van der Waals surface area contributed by atoms with Crippen molar-refractivity contribution in [2.24, 2.45) is 0 Å². The minimum atomic E-state index is -0.947. The van der Waals surface area contributed by atoms with Crippen molar-refractivity contribution in [3.63, 3.8) is 0 Å². The molecule has 0 radical (unpaired) electrons. The smallest absolute Gasteiger partial charge is 0.335 e. The predicted octanol–water partition coefficient (Wildman–Crippen LogP) is 7.54. The van der Waals surface area contributed by atoms with Gasteiger partial charge in [0.25, 0.3) is 0 Å². The highest BCUT2D eigenvalue weighted by Gasteiger charge is 2.12. The summed E-state index contributed by atoms with van der Waals surface area (Å²) in [7, 11) is 0. The summed E-state index contributed by atoms with van der Waals surface area (Å²) in [6.45, 7) is 0.526. The second kappa shape index (κ2) is 9.74. The van der Waals surface area contributed by atoms with Gasteiger partial charge in [-0.1, -0.05) is 69.5 Å². The van der Waals surface area contributed by atoms with Crippen LogP contribution in [0.25, 0.3) is 23.4 Å². The van der Waals surface area contributed by atoms with Crippen LogP contribution in [0.1, 0.15) is 27.3 Å². The predicted molar refractivity (Wildman–Crippen MR) is 133 cm³/mol. The maximum Gasteiger partial charge on any atom is 0.335 e. The van der Waals surface area contributed by atoms with Crippen LogP contribution in [-0.2, 0) is 6.54 Å². The van der Waals surface area contributed by atoms with E-state index in [1.165, 1.54) is 0 Å². The maximum absolute atomic E-state index is 11.1. The Kier molecular flexibility index (Phi) is 6.80. The first-order valence-corrected chi connectivity index (χ1v) is 11.2. The zero-order valence-electron chi connectivity index (χ0n) is 16.7. The Labute approximate surface area is 203 Å². The quantitative estimate of drug-likeness (QED) is 0.282. The van der Waals surface area contributed by atoms with E-state index >= 15 is 0 Å². The number of carboxylic acid groups (broad SMARTS) is 1. The van der Waals surface area contributed by atoms with Gasteiger partial charge in [0.1, 0.15) is 5.82 Å². The standard InChI is InChI=1S/C25H17BrCl2N2O2/c26-19-8-3-16(4-9-19)5-12-24-29-23(21-11-10-20(27)13-22(21)28)15-30(24)14-17-1-6-18(7-2-17)25(31)32/h1-13,15H,14H2,(H,31,32). The van der Waals surface area contributed by atoms with Crippen LogP contribution < -0.4 is 0 Å². The lowest BCUT2D eigenvalue weighted by Crippen LogP contribution is -2.02. The van der Waals surface area contributed by atoms with Crippen LogP contribution in [0.2, 0.25) is 10.0 Å². The number of halogens is 3. The lowest BCUT2D eigenvalue weighted by molar-refractivity contribution is 0.0697. The molecule has 0 spiro atoms. The normalized spacial score (nSPS) is 11.2. The molecule has 1 heterocycles. The van der Waals surface area contributed by atoms with E-state index in [0.717, 1.165) is 32.7 Å². The highest BCUT2D eigenvalue weighted by Crippen LogP contribution is 2.30. The molecule has 0 aliphatic carbocycles. The summed E-state index contributed by atoms with van der Waals surface area (Å²) < 4.78 is 3.02. The lowest BCUT2D eigenvalue weighted by Gasteiger charge is -2.06. The van der Waals surface area contributed by atoms with Crippen molar-refractivity contribution >= 4 is 57.3 Å². The van der Waals surface area contributed by atoms with Gasteiger partial charge in [-0.05, 0) is 59.7 Å². The number of imidazole rings is 1. The van der Waals surface area contributed by atoms with Crippen LogP contribution in [0.15, 0.2) is 77.4 Å². The van der Waals surface area contributed by atoms with E-state index < -0.39 is 5.97 Å². The Hall–Kier alpha value is -2.86. The molecular weight excluding hydrogens is 511 g/mol. The SMILES string of the molecule is O=C(O)c1ccc(Cn2cc(-c3ccc(Cl)cc3Cl)nc2C=Cc2ccc(Br)cc2)cc1. The Morgan fingerprint density at radius 3 is 2.38 bits per heavy atom. The molecular formula is C25H17BrCl2N2O2. The van der Waals surface area contributed by atoms with Gasteiger partial charge in [0.05, 0.1) is 16.3 Å². The van der Waals surface area contributed by atoms with Gasteiger partial charge in [-0.3, -0.25) is 0 Å². The average molecular weight is 528 g/mol. The van der Waals surface area contributed by atoms with Crippen LogP contribution in [0.3, 0.4) is 0 Å². The van der Waals surface area contributed by atoms with Crippen LogP contribution in [-0.4, -0.2) is 20.6 Å². The van der Waals surface area contributed by atoms with Crippen molar-refractivity contribution in [3.8, 4) is 11.3 Å². The number of nitrogens with zero attached hydrogens (tertiary/aromatic N) is 2. The third kappa shape index (κ3) is 5.30. The molecule has 4 aromatic rings. The molecule has 160 valence electrons. The van der Waals surface area contributed by atoms with Crippen LogP contribution in [0.4, 0.5) is 0 Å². The molecule has 0 atom stereocenters. The fourth-order valence-corrected chi connectivity index (χ4v) is 3.98. The van der Waals surface area contributed by atoms with E-state index in [9.17, 15) is 4.79 Å². The number of carbonyl (C=O) groups is 1. The number of carboxylic acids is 1. The van der Waals surface area contributed by atoms with Crippen molar-refractivity contribution in [2.75, 3.05) is 0 Å². The molecule has 1 N–H and O–H groups in total. The molecule has 0 aliphatic heterocycles. The largest absolute Gasteiger partial charge is 0.478 e. The van der Waals surface area contributed by atoms with Gasteiger partial charge in [-0.15, -0.1) is 0 Å². The van der Waals surface area contributed by atoms with Gasteiger partial charge in [0, 0.05) is 27.8 Å². The first-order valence-electron chi connectivity index (χ1n) is 9.67. The van der Waals surface area contributed by atoms with Gasteiger partial charge in [-0.25, -0.2) is 9.78 Å². The third-order valence-corrected chi connectivity index (χ3v) is 5.94. The molecule has 0 amide bonds. The van der Waals surface area contributed by atoms with Crippen LogP contribution in [0.5, 0.6) is 0 Å². The molecule has 32 heavy (non-hydrogen) atoms. The summed E-state index contributed by atoms with van der Waals surface area (Å²) in [5.41, 5.74) is 3.76. The lowest BCUT2D eigenvalue weighted by atomic mass is 10.1. The Balaban J connectivity index is 1.71. The van der Waals surface area contributed by atoms with Gasteiger partial charge >= 0.3 is 5.97 Å². The van der Waals surface area contributed by atoms with Crippen molar-refractivity contribution < 1.29 is 9.90 Å². The van der Waals surface area contributed by atoms with Crippen LogP contribution >= 0.6 is 39.1 Å². The van der Waals surface area contributed by atoms with E-state index in [1.54, 1.807) is 36.4 Å². The molecule has 4 rings (SSSR count). The zero-order chi connectivity index (χ0) is 22.7. The molecule has 4 nitrogen and oxygen atoms in total. The molecule has 1 aromatic heterocycles. The fourth-order valence-electron chi connectivity index (χ4n) is 3.21. The molecule has 0 aliphatic rings. The summed E-state index contributed by atoms with van der Waals surface area (Å²) in [5.74, 6) is -0.201. The Morgan fingerprint density at radius 1 is 1.00 bits per heavy atom. The number of aromatic nitrogens is 2.